The van der Waals surface area contributed by atoms with E-state index in [0.29, 0.717) is 11.1 Å². The maximum absolute atomic E-state index is 13.0. The lowest BCUT2D eigenvalue weighted by molar-refractivity contribution is 0.0246. The van der Waals surface area contributed by atoms with Gasteiger partial charge >= 0.3 is 11.9 Å². The molecule has 0 N–H and O–H groups in total. The molecule has 2 spiro atoms. The number of benzene rings is 6. The Morgan fingerprint density at radius 1 is 0.371 bits per heavy atom. The second-order valence-electron chi connectivity index (χ2n) is 19.0. The van der Waals surface area contributed by atoms with Gasteiger partial charge in [0.05, 0.1) is 11.1 Å². The van der Waals surface area contributed by atoms with E-state index >= 15 is 0 Å². The van der Waals surface area contributed by atoms with Crippen molar-refractivity contribution in [3.8, 4) is 0 Å². The van der Waals surface area contributed by atoms with Crippen LogP contribution in [0, 0.1) is 0 Å². The average Bonchev–Trinajstić information content (AvgIpc) is 3.73. The molecule has 10 rings (SSSR count). The second-order valence-corrected chi connectivity index (χ2v) is 27.6. The van der Waals surface area contributed by atoms with Crippen LogP contribution in [0.4, 0.5) is 22.7 Å². The molecule has 0 saturated carbocycles. The Morgan fingerprint density at radius 3 is 0.887 bits per heavy atom. The molecule has 62 heavy (non-hydrogen) atoms. The average molecular weight is 857 g/mol. The zero-order chi connectivity index (χ0) is 44.3. The molecule has 4 aliphatic heterocycles. The number of esters is 2. The second kappa shape index (κ2) is 14.2. The summed E-state index contributed by atoms with van der Waals surface area (Å²) in [6, 6.07) is 42.2. The summed E-state index contributed by atoms with van der Waals surface area (Å²) in [5, 5.41) is 5.30. The van der Waals surface area contributed by atoms with Crippen molar-refractivity contribution in [2.45, 2.75) is 37.4 Å². The number of rotatable bonds is 4. The van der Waals surface area contributed by atoms with Crippen LogP contribution in [0.3, 0.4) is 0 Å². The monoisotopic (exact) mass is 856 g/mol. The lowest BCUT2D eigenvalue weighted by Crippen LogP contribution is -2.63. The highest BCUT2D eigenvalue weighted by molar-refractivity contribution is 7.02. The molecular formula is C52H56N4O4Si2. The van der Waals surface area contributed by atoms with E-state index in [1.54, 1.807) is 0 Å². The van der Waals surface area contributed by atoms with Gasteiger partial charge in [0.2, 0.25) is 0 Å². The van der Waals surface area contributed by atoms with Crippen molar-refractivity contribution in [1.82, 2.24) is 0 Å². The maximum atomic E-state index is 13.0. The van der Waals surface area contributed by atoms with Crippen LogP contribution in [0.25, 0.3) is 0 Å². The maximum Gasteiger partial charge on any atom is 0.340 e. The molecule has 8 nitrogen and oxygen atoms in total. The molecule has 10 heteroatoms. The molecule has 0 radical (unpaired) electrons. The molecule has 0 saturated heterocycles. The van der Waals surface area contributed by atoms with Crippen molar-refractivity contribution in [2.24, 2.45) is 0 Å². The summed E-state index contributed by atoms with van der Waals surface area (Å²) >= 11 is 0. The Balaban J connectivity index is 0.000000158. The molecule has 0 atom stereocenters. The number of carbonyl (C=O) groups is 2. The number of carbonyl (C=O) groups excluding carboxylic acids is 2. The standard InChI is InChI=1S/2C26H28N2O2Si/c2*1-27(2)17-11-13-21-23(15-17)31(5,6)24-16-18(28(3)4)12-14-22(24)26(21)20-10-8-7-9-19(20)25(29)30-26/h2*7-16H,1-6H3. The molecule has 6 aromatic carbocycles. The molecule has 0 amide bonds. The number of hydrogen-bond acceptors (Lipinski definition) is 8. The van der Waals surface area contributed by atoms with E-state index in [1.165, 1.54) is 43.5 Å². The fraction of sp³-hybridized carbons (Fsp3) is 0.269. The van der Waals surface area contributed by atoms with Gasteiger partial charge < -0.3 is 29.1 Å². The lowest BCUT2D eigenvalue weighted by Gasteiger charge is -2.44. The van der Waals surface area contributed by atoms with Crippen molar-refractivity contribution < 1.29 is 19.1 Å². The van der Waals surface area contributed by atoms with Gasteiger partial charge in [0.15, 0.2) is 11.2 Å². The van der Waals surface area contributed by atoms with E-state index in [0.717, 1.165) is 33.4 Å². The summed E-state index contributed by atoms with van der Waals surface area (Å²) in [7, 11) is 12.4. The highest BCUT2D eigenvalue weighted by Gasteiger charge is 2.57. The van der Waals surface area contributed by atoms with Crippen molar-refractivity contribution in [2.75, 3.05) is 76.0 Å². The predicted molar refractivity (Wildman–Crippen MR) is 260 cm³/mol. The Labute approximate surface area is 368 Å². The van der Waals surface area contributed by atoms with Gasteiger partial charge in [-0.15, -0.1) is 0 Å². The van der Waals surface area contributed by atoms with Gasteiger partial charge in [0, 0.05) is 113 Å². The van der Waals surface area contributed by atoms with Gasteiger partial charge in [-0.25, -0.2) is 9.59 Å². The third kappa shape index (κ3) is 5.75. The minimum absolute atomic E-state index is 0.248. The topological polar surface area (TPSA) is 65.6 Å². The van der Waals surface area contributed by atoms with E-state index in [4.69, 9.17) is 9.47 Å². The molecule has 0 aromatic heterocycles. The summed E-state index contributed by atoms with van der Waals surface area (Å²) in [6.07, 6.45) is 0. The highest BCUT2D eigenvalue weighted by atomic mass is 28.3. The Morgan fingerprint density at radius 2 is 0.629 bits per heavy atom. The minimum Gasteiger partial charge on any atom is -0.441 e. The van der Waals surface area contributed by atoms with E-state index in [2.05, 4.69) is 175 Å². The molecule has 316 valence electrons. The van der Waals surface area contributed by atoms with Crippen LogP contribution >= 0.6 is 0 Å². The molecule has 0 unspecified atom stereocenters. The SMILES string of the molecule is CN(C)c1ccc2c(c1)[Si](C)(C)c1cc(N(C)C)ccc1C21OC(=O)c2ccccc21.CN(C)c1ccc2c(c1)[Si](C)(C)c1cc(N(C)C)ccc1C21OC(=O)c2ccccc21. The smallest absolute Gasteiger partial charge is 0.340 e. The number of fused-ring (bicyclic) bond motifs is 12. The van der Waals surface area contributed by atoms with Crippen LogP contribution in [0.2, 0.25) is 26.2 Å². The van der Waals surface area contributed by atoms with E-state index in [9.17, 15) is 9.59 Å². The first-order valence-electron chi connectivity index (χ1n) is 21.3. The van der Waals surface area contributed by atoms with Gasteiger partial charge in [0.1, 0.15) is 16.1 Å². The summed E-state index contributed by atoms with van der Waals surface area (Å²) in [5.41, 5.74) is 10.5. The summed E-state index contributed by atoms with van der Waals surface area (Å²) in [4.78, 5) is 34.6. The fourth-order valence-electron chi connectivity index (χ4n) is 10.4. The number of anilines is 4. The summed E-state index contributed by atoms with van der Waals surface area (Å²) in [6.45, 7) is 9.61. The molecular weight excluding hydrogens is 801 g/mol. The van der Waals surface area contributed by atoms with Crippen molar-refractivity contribution in [3.05, 3.63) is 166 Å². The predicted octanol–water partition coefficient (Wildman–Crippen LogP) is 6.83. The highest BCUT2D eigenvalue weighted by Crippen LogP contribution is 2.51. The molecule has 0 aliphatic carbocycles. The zero-order valence-corrected chi connectivity index (χ0v) is 40.0. The van der Waals surface area contributed by atoms with E-state index in [-0.39, 0.29) is 11.9 Å². The Hall–Kier alpha value is -6.11. The number of hydrogen-bond donors (Lipinski definition) is 0. The minimum atomic E-state index is -2.07. The number of ether oxygens (including phenoxy) is 2. The van der Waals surface area contributed by atoms with Crippen molar-refractivity contribution in [3.63, 3.8) is 0 Å². The van der Waals surface area contributed by atoms with Crippen LogP contribution in [0.1, 0.15) is 54.1 Å². The first kappa shape index (κ1) is 41.3. The van der Waals surface area contributed by atoms with Gasteiger partial charge in [-0.1, -0.05) is 86.9 Å². The normalized spacial score (nSPS) is 16.9. The largest absolute Gasteiger partial charge is 0.441 e. The van der Waals surface area contributed by atoms with Gasteiger partial charge in [-0.2, -0.15) is 0 Å². The summed E-state index contributed by atoms with van der Waals surface area (Å²) in [5.74, 6) is -0.496. The molecule has 4 heterocycles. The van der Waals surface area contributed by atoms with Crippen LogP contribution < -0.4 is 40.3 Å². The van der Waals surface area contributed by atoms with Crippen LogP contribution in [0.15, 0.2) is 121 Å². The first-order valence-corrected chi connectivity index (χ1v) is 27.3. The van der Waals surface area contributed by atoms with Crippen LogP contribution in [0.5, 0.6) is 0 Å². The van der Waals surface area contributed by atoms with Gasteiger partial charge in [-0.05, 0) is 81.4 Å². The fourth-order valence-corrected chi connectivity index (χ4v) is 16.7. The van der Waals surface area contributed by atoms with Crippen molar-refractivity contribution in [1.29, 1.82) is 0 Å². The molecule has 0 bridgehead atoms. The lowest BCUT2D eigenvalue weighted by atomic mass is 9.79. The Kier molecular flexibility index (Phi) is 9.46. The van der Waals surface area contributed by atoms with Crippen molar-refractivity contribution >= 4 is 71.6 Å². The first-order chi connectivity index (χ1) is 29.3. The van der Waals surface area contributed by atoms with Crippen LogP contribution in [-0.2, 0) is 20.7 Å². The third-order valence-corrected chi connectivity index (χ3v) is 20.9. The molecule has 4 aliphatic rings. The van der Waals surface area contributed by atoms with E-state index in [1.807, 2.05) is 48.5 Å². The van der Waals surface area contributed by atoms with Crippen LogP contribution in [-0.4, -0.2) is 84.5 Å². The summed E-state index contributed by atoms with van der Waals surface area (Å²) < 4.78 is 12.7. The van der Waals surface area contributed by atoms with Gasteiger partial charge in [-0.3, -0.25) is 0 Å². The molecule has 0 fully saturated rings. The van der Waals surface area contributed by atoms with E-state index < -0.39 is 27.3 Å². The zero-order valence-electron chi connectivity index (χ0n) is 38.0. The Bertz CT molecular complexity index is 2530. The molecule has 6 aromatic rings. The third-order valence-electron chi connectivity index (χ3n) is 13.8. The quantitative estimate of drug-likeness (QED) is 0.141. The number of nitrogens with zero attached hydrogens (tertiary/aromatic N) is 4. The van der Waals surface area contributed by atoms with Gasteiger partial charge in [0.25, 0.3) is 0 Å².